The second-order valence-corrected chi connectivity index (χ2v) is 5.51. The van der Waals surface area contributed by atoms with Crippen LogP contribution < -0.4 is 9.97 Å². The zero-order chi connectivity index (χ0) is 11.1. The third-order valence-corrected chi connectivity index (χ3v) is 4.55. The second-order valence-electron chi connectivity index (χ2n) is 3.85. The first-order chi connectivity index (χ1) is 7.79. The molecule has 0 aliphatic carbocycles. The molecular weight excluding hydrogens is 217 g/mol. The highest BCUT2D eigenvalue weighted by molar-refractivity contribution is 7.62. The first-order valence-electron chi connectivity index (χ1n) is 5.20. The molecule has 0 aromatic heterocycles. The Balaban J connectivity index is 2.33. The van der Waals surface area contributed by atoms with E-state index < -0.39 is 8.30 Å². The smallest absolute Gasteiger partial charge is 0.164 e. The molecule has 2 aromatic carbocycles. The van der Waals surface area contributed by atoms with Crippen LogP contribution in [0.4, 0.5) is 5.69 Å². The van der Waals surface area contributed by atoms with E-state index in [4.69, 9.17) is 0 Å². The minimum Gasteiger partial charge on any atom is -0.351 e. The normalized spacial score (nSPS) is 17.9. The molecule has 1 aliphatic rings. The van der Waals surface area contributed by atoms with Crippen molar-refractivity contribution in [3.63, 3.8) is 0 Å². The predicted molar refractivity (Wildman–Crippen MR) is 69.1 cm³/mol. The summed E-state index contributed by atoms with van der Waals surface area (Å²) in [5, 5.41) is 1.04. The quantitative estimate of drug-likeness (QED) is 0.702. The van der Waals surface area contributed by atoms with E-state index in [1.54, 1.807) is 0 Å². The number of anilines is 1. The lowest BCUT2D eigenvalue weighted by Gasteiger charge is -2.33. The first kappa shape index (κ1) is 9.83. The van der Waals surface area contributed by atoms with Gasteiger partial charge in [-0.05, 0) is 17.7 Å². The summed E-state index contributed by atoms with van der Waals surface area (Å²) in [5.41, 5.74) is 3.47. The Morgan fingerprint density at radius 3 is 2.38 bits per heavy atom. The highest BCUT2D eigenvalue weighted by Gasteiger charge is 2.26. The number of benzene rings is 2. The Morgan fingerprint density at radius 2 is 1.56 bits per heavy atom. The summed E-state index contributed by atoms with van der Waals surface area (Å²) in [7, 11) is 0.723. The highest BCUT2D eigenvalue weighted by Crippen LogP contribution is 2.48. The number of para-hydroxylation sites is 1. The molecule has 1 aliphatic heterocycles. The van der Waals surface area contributed by atoms with Crippen molar-refractivity contribution in [2.75, 3.05) is 11.7 Å². The summed E-state index contributed by atoms with van der Waals surface area (Å²) in [5.74, 6) is 0. The van der Waals surface area contributed by atoms with Gasteiger partial charge in [-0.15, -0.1) is 0 Å². The lowest BCUT2D eigenvalue weighted by atomic mass is 10.0. The van der Waals surface area contributed by atoms with Crippen molar-refractivity contribution in [3.05, 3.63) is 48.5 Å². The van der Waals surface area contributed by atoms with E-state index in [0.717, 1.165) is 16.6 Å². The van der Waals surface area contributed by atoms with Gasteiger partial charge in [0, 0.05) is 23.6 Å². The third kappa shape index (κ3) is 1.27. The van der Waals surface area contributed by atoms with E-state index >= 15 is 0 Å². The summed E-state index contributed by atoms with van der Waals surface area (Å²) in [4.78, 5) is 10.3. The molecule has 80 valence electrons. The number of rotatable bonds is 0. The summed E-state index contributed by atoms with van der Waals surface area (Å²) in [6.07, 6.45) is 0. The van der Waals surface area contributed by atoms with Crippen LogP contribution in [0.5, 0.6) is 0 Å². The fraction of sp³-hybridized carbons (Fsp3) is 0.0769. The van der Waals surface area contributed by atoms with Crippen LogP contribution in [0.3, 0.4) is 0 Å². The van der Waals surface area contributed by atoms with Gasteiger partial charge in [-0.3, -0.25) is 0 Å². The van der Waals surface area contributed by atoms with E-state index in [9.17, 15) is 4.89 Å². The number of fused-ring (bicyclic) bond motifs is 3. The predicted octanol–water partition coefficient (Wildman–Crippen LogP) is 2.73. The Morgan fingerprint density at radius 1 is 0.938 bits per heavy atom. The summed E-state index contributed by atoms with van der Waals surface area (Å²) >= 11 is 0. The van der Waals surface area contributed by atoms with Gasteiger partial charge >= 0.3 is 0 Å². The van der Waals surface area contributed by atoms with Crippen molar-refractivity contribution < 1.29 is 4.89 Å². The lowest BCUT2D eigenvalue weighted by Crippen LogP contribution is -2.24. The maximum Gasteiger partial charge on any atom is 0.164 e. The van der Waals surface area contributed by atoms with Crippen LogP contribution in [0.25, 0.3) is 11.1 Å². The molecular formula is C13H12NOP. The standard InChI is InChI=1S/C13H12NOP/c1-14-12-8-4-2-6-10(12)11-7-3-5-9-13(11)16(14)15/h2-9,15H,1H3. The van der Waals surface area contributed by atoms with Crippen molar-refractivity contribution >= 4 is 19.3 Å². The van der Waals surface area contributed by atoms with E-state index in [-0.39, 0.29) is 0 Å². The fourth-order valence-electron chi connectivity index (χ4n) is 2.12. The lowest BCUT2D eigenvalue weighted by molar-refractivity contribution is 0.632. The molecule has 2 nitrogen and oxygen atoms in total. The van der Waals surface area contributed by atoms with Gasteiger partial charge in [-0.25, -0.2) is 0 Å². The average Bonchev–Trinajstić information content (AvgIpc) is 2.36. The van der Waals surface area contributed by atoms with Crippen LogP contribution >= 0.6 is 8.30 Å². The summed E-state index contributed by atoms with van der Waals surface area (Å²) in [6.45, 7) is 0. The summed E-state index contributed by atoms with van der Waals surface area (Å²) in [6, 6.07) is 16.3. The number of hydrogen-bond acceptors (Lipinski definition) is 2. The number of hydrogen-bond donors (Lipinski definition) is 1. The molecule has 0 saturated carbocycles. The van der Waals surface area contributed by atoms with E-state index in [0.29, 0.717) is 0 Å². The van der Waals surface area contributed by atoms with Gasteiger partial charge in [0.25, 0.3) is 0 Å². The monoisotopic (exact) mass is 229 g/mol. The molecule has 1 N–H and O–H groups in total. The minimum atomic E-state index is -1.22. The van der Waals surface area contributed by atoms with Gasteiger partial charge in [0.05, 0.1) is 0 Å². The van der Waals surface area contributed by atoms with Gasteiger partial charge in [0.15, 0.2) is 8.30 Å². The molecule has 0 amide bonds. The molecule has 0 fully saturated rings. The zero-order valence-electron chi connectivity index (χ0n) is 8.96. The molecule has 2 aromatic rings. The molecule has 3 heteroatoms. The molecule has 0 saturated heterocycles. The molecule has 0 bridgehead atoms. The Labute approximate surface area is 96.0 Å². The van der Waals surface area contributed by atoms with Crippen LogP contribution in [0.15, 0.2) is 48.5 Å². The van der Waals surface area contributed by atoms with E-state index in [1.165, 1.54) is 5.56 Å². The van der Waals surface area contributed by atoms with Crippen LogP contribution in [0, 0.1) is 0 Å². The van der Waals surface area contributed by atoms with Crippen LogP contribution in [0.2, 0.25) is 0 Å². The van der Waals surface area contributed by atoms with Crippen LogP contribution in [-0.4, -0.2) is 11.9 Å². The largest absolute Gasteiger partial charge is 0.351 e. The van der Waals surface area contributed by atoms with Crippen molar-refractivity contribution in [1.82, 2.24) is 0 Å². The van der Waals surface area contributed by atoms with Gasteiger partial charge in [-0.2, -0.15) is 0 Å². The second kappa shape index (κ2) is 3.58. The maximum atomic E-state index is 10.3. The third-order valence-electron chi connectivity index (χ3n) is 2.95. The van der Waals surface area contributed by atoms with E-state index in [1.807, 2.05) is 42.0 Å². The molecule has 1 heterocycles. The molecule has 0 spiro atoms. The van der Waals surface area contributed by atoms with Gasteiger partial charge < -0.3 is 9.56 Å². The van der Waals surface area contributed by atoms with Gasteiger partial charge in [-0.1, -0.05) is 36.4 Å². The molecule has 3 rings (SSSR count). The van der Waals surface area contributed by atoms with Crippen LogP contribution in [-0.2, 0) is 0 Å². The Kier molecular flexibility index (Phi) is 2.20. The van der Waals surface area contributed by atoms with Crippen LogP contribution in [0.1, 0.15) is 0 Å². The Bertz CT molecular complexity index is 491. The minimum absolute atomic E-state index is 1.04. The molecule has 0 radical (unpaired) electrons. The van der Waals surface area contributed by atoms with Gasteiger partial charge in [0.1, 0.15) is 0 Å². The average molecular weight is 229 g/mol. The highest BCUT2D eigenvalue weighted by atomic mass is 31.2. The summed E-state index contributed by atoms with van der Waals surface area (Å²) < 4.78 is 1.97. The SMILES string of the molecule is CN1c2ccccc2-c2ccccc2P1O. The van der Waals surface area contributed by atoms with Crippen molar-refractivity contribution in [2.24, 2.45) is 0 Å². The Hall–Kier alpha value is -1.37. The van der Waals surface area contributed by atoms with Gasteiger partial charge in [0.2, 0.25) is 0 Å². The number of nitrogens with zero attached hydrogens (tertiary/aromatic N) is 1. The molecule has 1 unspecified atom stereocenters. The topological polar surface area (TPSA) is 23.5 Å². The molecule has 16 heavy (non-hydrogen) atoms. The van der Waals surface area contributed by atoms with Crippen molar-refractivity contribution in [3.8, 4) is 11.1 Å². The zero-order valence-corrected chi connectivity index (χ0v) is 9.85. The van der Waals surface area contributed by atoms with Crippen molar-refractivity contribution in [1.29, 1.82) is 0 Å². The van der Waals surface area contributed by atoms with Crippen molar-refractivity contribution in [2.45, 2.75) is 0 Å². The van der Waals surface area contributed by atoms with E-state index in [2.05, 4.69) is 18.2 Å². The molecule has 1 atom stereocenters. The fourth-order valence-corrected chi connectivity index (χ4v) is 3.45. The maximum absolute atomic E-state index is 10.3. The first-order valence-corrected chi connectivity index (χ1v) is 6.45.